The predicted molar refractivity (Wildman–Crippen MR) is 81.9 cm³/mol. The van der Waals surface area contributed by atoms with Crippen LogP contribution in [0.1, 0.15) is 25.8 Å². The molecular weight excluding hydrogens is 357 g/mol. The quantitative estimate of drug-likeness (QED) is 0.751. The van der Waals surface area contributed by atoms with E-state index in [0.717, 1.165) is 9.13 Å². The first-order valence-corrected chi connectivity index (χ1v) is 7.28. The number of nitrogens with one attached hydrogen (secondary N) is 1. The third-order valence-corrected chi connectivity index (χ3v) is 3.72. The van der Waals surface area contributed by atoms with Gasteiger partial charge in [0.25, 0.3) is 0 Å². The number of benzene rings is 1. The van der Waals surface area contributed by atoms with Crippen molar-refractivity contribution >= 4 is 34.5 Å². The number of carbonyl (C=O) groups is 2. The number of aliphatic carboxylic acids is 1. The number of hydrogen-bond acceptors (Lipinski definition) is 2. The molecule has 1 aromatic carbocycles. The lowest BCUT2D eigenvalue weighted by Crippen LogP contribution is -2.45. The molecule has 0 saturated carbocycles. The van der Waals surface area contributed by atoms with Gasteiger partial charge >= 0.3 is 5.97 Å². The van der Waals surface area contributed by atoms with Gasteiger partial charge in [0.2, 0.25) is 5.91 Å². The zero-order chi connectivity index (χ0) is 14.4. The van der Waals surface area contributed by atoms with E-state index in [1.165, 1.54) is 0 Å². The number of carboxylic acid groups (broad SMARTS) is 1. The van der Waals surface area contributed by atoms with Gasteiger partial charge in [0.1, 0.15) is 6.04 Å². The number of halogens is 1. The van der Waals surface area contributed by atoms with Crippen molar-refractivity contribution in [3.63, 3.8) is 0 Å². The molecule has 0 spiro atoms. The molecule has 0 unspecified atom stereocenters. The maximum atomic E-state index is 11.9. The van der Waals surface area contributed by atoms with E-state index in [-0.39, 0.29) is 18.2 Å². The SMILES string of the molecule is CC[C@H](C)[C@H](NC(=O)Cc1cccc(I)c1)C(=O)O. The first kappa shape index (κ1) is 15.9. The Balaban J connectivity index is 2.65. The highest BCUT2D eigenvalue weighted by molar-refractivity contribution is 14.1. The van der Waals surface area contributed by atoms with Crippen LogP contribution in [0.15, 0.2) is 24.3 Å². The van der Waals surface area contributed by atoms with Gasteiger partial charge in [-0.05, 0) is 46.2 Å². The molecule has 0 aliphatic heterocycles. The molecule has 1 aromatic rings. The first-order valence-electron chi connectivity index (χ1n) is 6.20. The summed E-state index contributed by atoms with van der Waals surface area (Å²) in [6, 6.07) is 6.79. The van der Waals surface area contributed by atoms with Crippen molar-refractivity contribution in [3.8, 4) is 0 Å². The second-order valence-electron chi connectivity index (χ2n) is 4.58. The van der Waals surface area contributed by atoms with Crippen LogP contribution in [0.3, 0.4) is 0 Å². The van der Waals surface area contributed by atoms with E-state index < -0.39 is 12.0 Å². The molecule has 1 rings (SSSR count). The van der Waals surface area contributed by atoms with Crippen molar-refractivity contribution in [2.45, 2.75) is 32.7 Å². The van der Waals surface area contributed by atoms with Crippen molar-refractivity contribution in [1.29, 1.82) is 0 Å². The molecule has 0 radical (unpaired) electrons. The lowest BCUT2D eigenvalue weighted by molar-refractivity contribution is -0.143. The van der Waals surface area contributed by atoms with Crippen LogP contribution in [0, 0.1) is 9.49 Å². The fourth-order valence-electron chi connectivity index (χ4n) is 1.74. The Kier molecular flexibility index (Phi) is 6.27. The smallest absolute Gasteiger partial charge is 0.326 e. The average molecular weight is 375 g/mol. The van der Waals surface area contributed by atoms with Gasteiger partial charge in [-0.15, -0.1) is 0 Å². The number of carboxylic acids is 1. The Hall–Kier alpha value is -1.11. The molecule has 0 heterocycles. The Morgan fingerprint density at radius 2 is 2.11 bits per heavy atom. The summed E-state index contributed by atoms with van der Waals surface area (Å²) < 4.78 is 1.06. The van der Waals surface area contributed by atoms with E-state index in [1.807, 2.05) is 38.1 Å². The van der Waals surface area contributed by atoms with Crippen LogP contribution in [-0.2, 0) is 16.0 Å². The van der Waals surface area contributed by atoms with Crippen molar-refractivity contribution in [1.82, 2.24) is 5.32 Å². The van der Waals surface area contributed by atoms with Gasteiger partial charge in [0.05, 0.1) is 6.42 Å². The maximum absolute atomic E-state index is 11.9. The number of amides is 1. The Morgan fingerprint density at radius 3 is 2.63 bits per heavy atom. The molecular formula is C14H18INO3. The van der Waals surface area contributed by atoms with Crippen LogP contribution >= 0.6 is 22.6 Å². The lowest BCUT2D eigenvalue weighted by Gasteiger charge is -2.20. The molecule has 0 bridgehead atoms. The second-order valence-corrected chi connectivity index (χ2v) is 5.82. The number of carbonyl (C=O) groups excluding carboxylic acids is 1. The third-order valence-electron chi connectivity index (χ3n) is 3.05. The summed E-state index contributed by atoms with van der Waals surface area (Å²) >= 11 is 2.18. The topological polar surface area (TPSA) is 66.4 Å². The zero-order valence-corrected chi connectivity index (χ0v) is 13.2. The molecule has 0 saturated heterocycles. The van der Waals surface area contributed by atoms with Gasteiger partial charge in [-0.1, -0.05) is 32.4 Å². The Morgan fingerprint density at radius 1 is 1.42 bits per heavy atom. The third kappa shape index (κ3) is 5.18. The summed E-state index contributed by atoms with van der Waals surface area (Å²) in [5.74, 6) is -1.32. The van der Waals surface area contributed by atoms with E-state index in [4.69, 9.17) is 5.11 Å². The van der Waals surface area contributed by atoms with Gasteiger partial charge in [0, 0.05) is 3.57 Å². The highest BCUT2D eigenvalue weighted by atomic mass is 127. The lowest BCUT2D eigenvalue weighted by atomic mass is 9.99. The van der Waals surface area contributed by atoms with E-state index in [9.17, 15) is 9.59 Å². The van der Waals surface area contributed by atoms with Crippen molar-refractivity contribution < 1.29 is 14.7 Å². The molecule has 1 amide bonds. The highest BCUT2D eigenvalue weighted by Gasteiger charge is 2.25. The summed E-state index contributed by atoms with van der Waals surface area (Å²) in [4.78, 5) is 23.0. The monoisotopic (exact) mass is 375 g/mol. The Bertz CT molecular complexity index is 462. The minimum atomic E-state index is -0.981. The highest BCUT2D eigenvalue weighted by Crippen LogP contribution is 2.10. The number of hydrogen-bond donors (Lipinski definition) is 2. The molecule has 2 atom stereocenters. The summed E-state index contributed by atoms with van der Waals surface area (Å²) in [6.07, 6.45) is 0.914. The average Bonchev–Trinajstić information content (AvgIpc) is 2.34. The molecule has 0 aliphatic carbocycles. The van der Waals surface area contributed by atoms with Gasteiger partial charge in [-0.2, -0.15) is 0 Å². The predicted octanol–water partition coefficient (Wildman–Crippen LogP) is 2.45. The van der Waals surface area contributed by atoms with E-state index >= 15 is 0 Å². The first-order chi connectivity index (χ1) is 8.93. The molecule has 5 heteroatoms. The van der Waals surface area contributed by atoms with Crippen LogP contribution in [0.2, 0.25) is 0 Å². The molecule has 104 valence electrons. The molecule has 0 fully saturated rings. The standard InChI is InChI=1S/C14H18INO3/c1-3-9(2)13(14(18)19)16-12(17)8-10-5-4-6-11(15)7-10/h4-7,9,13H,3,8H2,1-2H3,(H,16,17)(H,18,19)/t9-,13-/m0/s1. The fourth-order valence-corrected chi connectivity index (χ4v) is 2.35. The second kappa shape index (κ2) is 7.47. The normalized spacial score (nSPS) is 13.6. The summed E-state index contributed by atoms with van der Waals surface area (Å²) in [6.45, 7) is 3.73. The van der Waals surface area contributed by atoms with E-state index in [1.54, 1.807) is 0 Å². The van der Waals surface area contributed by atoms with Crippen molar-refractivity contribution in [2.24, 2.45) is 5.92 Å². The van der Waals surface area contributed by atoms with Crippen LogP contribution in [0.4, 0.5) is 0 Å². The van der Waals surface area contributed by atoms with E-state index in [0.29, 0.717) is 6.42 Å². The fraction of sp³-hybridized carbons (Fsp3) is 0.429. The van der Waals surface area contributed by atoms with Crippen LogP contribution in [0.5, 0.6) is 0 Å². The largest absolute Gasteiger partial charge is 0.480 e. The Labute approximate surface area is 126 Å². The van der Waals surface area contributed by atoms with Gasteiger partial charge in [0.15, 0.2) is 0 Å². The van der Waals surface area contributed by atoms with Gasteiger partial charge in [-0.25, -0.2) is 4.79 Å². The molecule has 2 N–H and O–H groups in total. The van der Waals surface area contributed by atoms with Gasteiger partial charge in [-0.3, -0.25) is 4.79 Å². The molecule has 19 heavy (non-hydrogen) atoms. The zero-order valence-electron chi connectivity index (χ0n) is 11.0. The van der Waals surface area contributed by atoms with Crippen LogP contribution < -0.4 is 5.32 Å². The summed E-state index contributed by atoms with van der Waals surface area (Å²) in [5, 5.41) is 11.7. The van der Waals surface area contributed by atoms with Gasteiger partial charge < -0.3 is 10.4 Å². The molecule has 0 aliphatic rings. The summed E-state index contributed by atoms with van der Waals surface area (Å²) in [5.41, 5.74) is 0.887. The minimum absolute atomic E-state index is 0.0858. The maximum Gasteiger partial charge on any atom is 0.326 e. The molecule has 4 nitrogen and oxygen atoms in total. The minimum Gasteiger partial charge on any atom is -0.480 e. The van der Waals surface area contributed by atoms with Crippen molar-refractivity contribution in [2.75, 3.05) is 0 Å². The van der Waals surface area contributed by atoms with Crippen LogP contribution in [0.25, 0.3) is 0 Å². The number of rotatable bonds is 6. The van der Waals surface area contributed by atoms with E-state index in [2.05, 4.69) is 27.9 Å². The van der Waals surface area contributed by atoms with Crippen LogP contribution in [-0.4, -0.2) is 23.0 Å². The summed E-state index contributed by atoms with van der Waals surface area (Å²) in [7, 11) is 0. The van der Waals surface area contributed by atoms with Crippen molar-refractivity contribution in [3.05, 3.63) is 33.4 Å². The molecule has 0 aromatic heterocycles.